The van der Waals surface area contributed by atoms with Crippen LogP contribution in [-0.2, 0) is 6.54 Å². The maximum atomic E-state index is 12.6. The Balaban J connectivity index is 2.53. The molecule has 0 saturated heterocycles. The first kappa shape index (κ1) is 13.6. The summed E-state index contributed by atoms with van der Waals surface area (Å²) in [6.07, 6.45) is -1.72. The first-order valence-corrected chi connectivity index (χ1v) is 6.14. The number of unbranched alkanes of at least 4 members (excludes halogenated alkanes) is 1. The molecule has 2 aromatic rings. The van der Waals surface area contributed by atoms with Gasteiger partial charge in [0.2, 0.25) is 0 Å². The van der Waals surface area contributed by atoms with Gasteiger partial charge in [0.15, 0.2) is 0 Å². The van der Waals surface area contributed by atoms with Crippen LogP contribution in [0.2, 0.25) is 0 Å². The van der Waals surface area contributed by atoms with E-state index in [-0.39, 0.29) is 5.56 Å². The minimum absolute atomic E-state index is 0.265. The van der Waals surface area contributed by atoms with Crippen LogP contribution in [0.4, 0.5) is 13.2 Å². The van der Waals surface area contributed by atoms with Crippen LogP contribution in [-0.4, -0.2) is 16.5 Å². The second-order valence-electron chi connectivity index (χ2n) is 4.43. The molecule has 1 aromatic carbocycles. The number of Topliss-reactive ketones (excluding diaryl/α,β-unsaturated/α-hetero) is 1. The number of benzene rings is 1. The van der Waals surface area contributed by atoms with Gasteiger partial charge in [-0.15, -0.1) is 0 Å². The number of fused-ring (bicyclic) bond motifs is 1. The van der Waals surface area contributed by atoms with Crippen molar-refractivity contribution in [3.05, 3.63) is 36.0 Å². The van der Waals surface area contributed by atoms with Crippen molar-refractivity contribution in [3.63, 3.8) is 0 Å². The third-order valence-electron chi connectivity index (χ3n) is 3.04. The molecule has 0 N–H and O–H groups in total. The molecule has 102 valence electrons. The van der Waals surface area contributed by atoms with Crippen LogP contribution >= 0.6 is 0 Å². The van der Waals surface area contributed by atoms with Crippen LogP contribution in [0.5, 0.6) is 0 Å². The Hall–Kier alpha value is -1.78. The van der Waals surface area contributed by atoms with Crippen molar-refractivity contribution >= 4 is 16.7 Å². The molecule has 0 unspecified atom stereocenters. The first-order chi connectivity index (χ1) is 8.95. The standard InChI is InChI=1S/C14H14F3NO/c1-2-3-8-18-9-11(13(19)14(15,16)17)10-6-4-5-7-12(10)18/h4-7,9H,2-3,8H2,1H3. The zero-order valence-corrected chi connectivity index (χ0v) is 10.5. The number of alkyl halides is 3. The molecule has 5 heteroatoms. The molecule has 2 rings (SSSR count). The van der Waals surface area contributed by atoms with Crippen LogP contribution in [0, 0.1) is 0 Å². The maximum absolute atomic E-state index is 12.6. The quantitative estimate of drug-likeness (QED) is 0.763. The SMILES string of the molecule is CCCCn1cc(C(=O)C(F)(F)F)c2ccccc21. The summed E-state index contributed by atoms with van der Waals surface area (Å²) >= 11 is 0. The molecule has 1 aromatic heterocycles. The molecular formula is C14H14F3NO. The number of carbonyl (C=O) groups is 1. The van der Waals surface area contributed by atoms with Crippen molar-refractivity contribution in [2.45, 2.75) is 32.5 Å². The predicted octanol–water partition coefficient (Wildman–Crippen LogP) is 4.19. The van der Waals surface area contributed by atoms with Gasteiger partial charge in [0.1, 0.15) is 0 Å². The van der Waals surface area contributed by atoms with Gasteiger partial charge in [0, 0.05) is 23.6 Å². The van der Waals surface area contributed by atoms with E-state index in [1.165, 1.54) is 6.20 Å². The number of hydrogen-bond donors (Lipinski definition) is 0. The number of aryl methyl sites for hydroxylation is 1. The third kappa shape index (κ3) is 2.64. The number of aromatic nitrogens is 1. The van der Waals surface area contributed by atoms with E-state index in [0.29, 0.717) is 17.4 Å². The molecule has 0 spiro atoms. The van der Waals surface area contributed by atoms with E-state index in [9.17, 15) is 18.0 Å². The highest BCUT2D eigenvalue weighted by atomic mass is 19.4. The minimum Gasteiger partial charge on any atom is -0.347 e. The Kier molecular flexibility index (Phi) is 3.64. The van der Waals surface area contributed by atoms with Gasteiger partial charge < -0.3 is 4.57 Å². The largest absolute Gasteiger partial charge is 0.454 e. The van der Waals surface area contributed by atoms with Gasteiger partial charge in [-0.1, -0.05) is 31.5 Å². The van der Waals surface area contributed by atoms with E-state index >= 15 is 0 Å². The molecule has 0 aliphatic heterocycles. The second-order valence-corrected chi connectivity index (χ2v) is 4.43. The number of carbonyl (C=O) groups excluding carboxylic acids is 1. The number of nitrogens with zero attached hydrogens (tertiary/aromatic N) is 1. The first-order valence-electron chi connectivity index (χ1n) is 6.14. The lowest BCUT2D eigenvalue weighted by atomic mass is 10.1. The third-order valence-corrected chi connectivity index (χ3v) is 3.04. The van der Waals surface area contributed by atoms with Gasteiger partial charge >= 0.3 is 6.18 Å². The van der Waals surface area contributed by atoms with Crippen LogP contribution in [0.25, 0.3) is 10.9 Å². The van der Waals surface area contributed by atoms with E-state index in [0.717, 1.165) is 12.8 Å². The van der Waals surface area contributed by atoms with E-state index in [1.807, 2.05) is 6.92 Å². The topological polar surface area (TPSA) is 22.0 Å². The normalized spacial score (nSPS) is 12.0. The number of halogens is 3. The average molecular weight is 269 g/mol. The van der Waals surface area contributed by atoms with Crippen LogP contribution < -0.4 is 0 Å². The van der Waals surface area contributed by atoms with E-state index < -0.39 is 12.0 Å². The van der Waals surface area contributed by atoms with Crippen molar-refractivity contribution < 1.29 is 18.0 Å². The number of para-hydroxylation sites is 1. The number of ketones is 1. The molecule has 0 radical (unpaired) electrons. The lowest BCUT2D eigenvalue weighted by Gasteiger charge is -2.03. The molecule has 0 bridgehead atoms. The highest BCUT2D eigenvalue weighted by molar-refractivity contribution is 6.10. The summed E-state index contributed by atoms with van der Waals surface area (Å²) in [5, 5.41) is 0.362. The maximum Gasteiger partial charge on any atom is 0.454 e. The fourth-order valence-corrected chi connectivity index (χ4v) is 2.09. The number of hydrogen-bond acceptors (Lipinski definition) is 1. The smallest absolute Gasteiger partial charge is 0.347 e. The molecule has 1 heterocycles. The molecule has 2 nitrogen and oxygen atoms in total. The van der Waals surface area contributed by atoms with Gasteiger partial charge in [-0.2, -0.15) is 13.2 Å². The Morgan fingerprint density at radius 2 is 1.95 bits per heavy atom. The Morgan fingerprint density at radius 3 is 2.58 bits per heavy atom. The summed E-state index contributed by atoms with van der Waals surface area (Å²) in [6, 6.07) is 6.68. The summed E-state index contributed by atoms with van der Waals surface area (Å²) in [6.45, 7) is 2.62. The highest BCUT2D eigenvalue weighted by Crippen LogP contribution is 2.28. The monoisotopic (exact) mass is 269 g/mol. The Bertz CT molecular complexity index is 598. The molecule has 19 heavy (non-hydrogen) atoms. The molecular weight excluding hydrogens is 255 g/mol. The van der Waals surface area contributed by atoms with Crippen molar-refractivity contribution in [2.75, 3.05) is 0 Å². The minimum atomic E-state index is -4.83. The fourth-order valence-electron chi connectivity index (χ4n) is 2.09. The molecule has 0 fully saturated rings. The van der Waals surface area contributed by atoms with Crippen molar-refractivity contribution in [1.29, 1.82) is 0 Å². The Morgan fingerprint density at radius 1 is 1.26 bits per heavy atom. The van der Waals surface area contributed by atoms with E-state index in [4.69, 9.17) is 0 Å². The summed E-state index contributed by atoms with van der Waals surface area (Å²) in [7, 11) is 0. The van der Waals surface area contributed by atoms with E-state index in [1.54, 1.807) is 28.8 Å². The van der Waals surface area contributed by atoms with Gasteiger partial charge in [0.25, 0.3) is 5.78 Å². The van der Waals surface area contributed by atoms with Crippen molar-refractivity contribution in [3.8, 4) is 0 Å². The second kappa shape index (κ2) is 5.07. The summed E-state index contributed by atoms with van der Waals surface area (Å²) in [4.78, 5) is 11.4. The highest BCUT2D eigenvalue weighted by Gasteiger charge is 2.40. The molecule has 0 aliphatic carbocycles. The van der Waals surface area contributed by atoms with Gasteiger partial charge in [-0.05, 0) is 12.5 Å². The van der Waals surface area contributed by atoms with Crippen LogP contribution in [0.1, 0.15) is 30.1 Å². The summed E-state index contributed by atoms with van der Waals surface area (Å²) in [5.41, 5.74) is 0.405. The average Bonchev–Trinajstić information content (AvgIpc) is 2.73. The van der Waals surface area contributed by atoms with Crippen molar-refractivity contribution in [2.24, 2.45) is 0 Å². The lowest BCUT2D eigenvalue weighted by molar-refractivity contribution is -0.0884. The zero-order chi connectivity index (χ0) is 14.0. The molecule has 0 atom stereocenters. The van der Waals surface area contributed by atoms with Gasteiger partial charge in [-0.3, -0.25) is 4.79 Å². The van der Waals surface area contributed by atoms with Crippen molar-refractivity contribution in [1.82, 2.24) is 4.57 Å². The fraction of sp³-hybridized carbons (Fsp3) is 0.357. The summed E-state index contributed by atoms with van der Waals surface area (Å²) < 4.78 is 39.4. The Labute approximate surface area is 108 Å². The molecule has 0 saturated carbocycles. The summed E-state index contributed by atoms with van der Waals surface area (Å²) in [5.74, 6) is -1.78. The van der Waals surface area contributed by atoms with E-state index in [2.05, 4.69) is 0 Å². The van der Waals surface area contributed by atoms with Gasteiger partial charge in [-0.25, -0.2) is 0 Å². The van der Waals surface area contributed by atoms with Gasteiger partial charge in [0.05, 0.1) is 5.56 Å². The number of rotatable bonds is 4. The molecule has 0 aliphatic rings. The molecule has 0 amide bonds. The van der Waals surface area contributed by atoms with Crippen LogP contribution in [0.15, 0.2) is 30.5 Å². The van der Waals surface area contributed by atoms with Crippen LogP contribution in [0.3, 0.4) is 0 Å². The zero-order valence-electron chi connectivity index (χ0n) is 10.5. The lowest BCUT2D eigenvalue weighted by Crippen LogP contribution is -2.22. The predicted molar refractivity (Wildman–Crippen MR) is 67.2 cm³/mol.